The molecule has 0 aliphatic rings. The summed E-state index contributed by atoms with van der Waals surface area (Å²) in [6, 6.07) is 10.8. The zero-order valence-electron chi connectivity index (χ0n) is 14.6. The van der Waals surface area contributed by atoms with Gasteiger partial charge in [-0.05, 0) is 42.2 Å². The van der Waals surface area contributed by atoms with E-state index >= 15 is 0 Å². The summed E-state index contributed by atoms with van der Waals surface area (Å²) in [6.07, 6.45) is 2.41. The van der Waals surface area contributed by atoms with Gasteiger partial charge in [-0.15, -0.1) is 0 Å². The third-order valence-electron chi connectivity index (χ3n) is 3.81. The Hall–Kier alpha value is -2.25. The first-order chi connectivity index (χ1) is 11.9. The molecule has 0 atom stereocenters. The van der Waals surface area contributed by atoms with Gasteiger partial charge in [-0.3, -0.25) is 4.72 Å². The third-order valence-corrected chi connectivity index (χ3v) is 4.42. The van der Waals surface area contributed by atoms with Crippen molar-refractivity contribution in [2.24, 2.45) is 0 Å². The summed E-state index contributed by atoms with van der Waals surface area (Å²) in [5, 5.41) is 9.60. The molecule has 2 aromatic rings. The number of anilines is 1. The fraction of sp³-hybridized carbons (Fsp3) is 0.333. The second-order valence-corrected chi connectivity index (χ2v) is 7.42. The molecule has 2 aromatic carbocycles. The summed E-state index contributed by atoms with van der Waals surface area (Å²) < 4.78 is 36.0. The number of ether oxygens (including phenoxy) is 2. The molecule has 0 aliphatic heterocycles. The number of rotatable bonds is 8. The Labute approximate surface area is 148 Å². The van der Waals surface area contributed by atoms with Crippen LogP contribution in [-0.2, 0) is 29.5 Å². The first kappa shape index (κ1) is 19.1. The van der Waals surface area contributed by atoms with Gasteiger partial charge < -0.3 is 14.6 Å². The zero-order valence-corrected chi connectivity index (χ0v) is 15.4. The van der Waals surface area contributed by atoms with Gasteiger partial charge in [-0.1, -0.05) is 18.2 Å². The number of hydrogen-bond donors (Lipinski definition) is 2. The largest absolute Gasteiger partial charge is 0.493 e. The quantitative estimate of drug-likeness (QED) is 0.750. The van der Waals surface area contributed by atoms with Crippen molar-refractivity contribution in [2.45, 2.75) is 19.4 Å². The van der Waals surface area contributed by atoms with Crippen molar-refractivity contribution in [2.75, 3.05) is 25.2 Å². The van der Waals surface area contributed by atoms with Gasteiger partial charge >= 0.3 is 0 Å². The van der Waals surface area contributed by atoms with Gasteiger partial charge in [0.15, 0.2) is 11.5 Å². The monoisotopic (exact) mass is 365 g/mol. The van der Waals surface area contributed by atoms with Gasteiger partial charge in [0.1, 0.15) is 0 Å². The summed E-state index contributed by atoms with van der Waals surface area (Å²) >= 11 is 0. The smallest absolute Gasteiger partial charge is 0.229 e. The van der Waals surface area contributed by atoms with Crippen LogP contribution in [0.15, 0.2) is 36.4 Å². The standard InChI is InChI=1S/C18H23NO5S/c1-23-17-10-8-14(12-20)16(18(17)24-2)9-7-13-5-4-6-15(11-13)19-25(3,21)22/h4-6,8,10-11,19-20H,7,9,12H2,1-3H3. The average molecular weight is 365 g/mol. The van der Waals surface area contributed by atoms with Crippen LogP contribution >= 0.6 is 0 Å². The van der Waals surface area contributed by atoms with Crippen LogP contribution in [0.25, 0.3) is 0 Å². The van der Waals surface area contributed by atoms with Gasteiger partial charge in [0.05, 0.1) is 27.1 Å². The van der Waals surface area contributed by atoms with E-state index in [0.717, 1.165) is 22.9 Å². The second kappa shape index (κ2) is 8.22. The van der Waals surface area contributed by atoms with Gasteiger partial charge in [0.2, 0.25) is 10.0 Å². The minimum atomic E-state index is -3.31. The molecular formula is C18H23NO5S. The lowest BCUT2D eigenvalue weighted by atomic mass is 9.98. The first-order valence-corrected chi connectivity index (χ1v) is 9.67. The second-order valence-electron chi connectivity index (χ2n) is 5.67. The predicted octanol–water partition coefficient (Wildman–Crippen LogP) is 2.35. The van der Waals surface area contributed by atoms with Gasteiger partial charge in [0, 0.05) is 11.3 Å². The highest BCUT2D eigenvalue weighted by atomic mass is 32.2. The molecule has 6 nitrogen and oxygen atoms in total. The van der Waals surface area contributed by atoms with Crippen molar-refractivity contribution in [1.82, 2.24) is 0 Å². The fourth-order valence-electron chi connectivity index (χ4n) is 2.73. The SMILES string of the molecule is COc1ccc(CO)c(CCc2cccc(NS(C)(=O)=O)c2)c1OC. The Kier molecular flexibility index (Phi) is 6.27. The molecule has 0 radical (unpaired) electrons. The molecule has 0 saturated carbocycles. The van der Waals surface area contributed by atoms with E-state index in [9.17, 15) is 13.5 Å². The van der Waals surface area contributed by atoms with Crippen LogP contribution in [0.2, 0.25) is 0 Å². The van der Waals surface area contributed by atoms with E-state index < -0.39 is 10.0 Å². The summed E-state index contributed by atoms with van der Waals surface area (Å²) in [5.74, 6) is 1.22. The number of hydrogen-bond acceptors (Lipinski definition) is 5. The van der Waals surface area contributed by atoms with Crippen molar-refractivity contribution >= 4 is 15.7 Å². The van der Waals surface area contributed by atoms with Crippen molar-refractivity contribution < 1.29 is 23.0 Å². The Bertz CT molecular complexity index is 833. The third kappa shape index (κ3) is 5.11. The van der Waals surface area contributed by atoms with Crippen molar-refractivity contribution in [1.29, 1.82) is 0 Å². The topological polar surface area (TPSA) is 84.9 Å². The van der Waals surface area contributed by atoms with E-state index in [1.165, 1.54) is 0 Å². The molecule has 0 spiro atoms. The summed E-state index contributed by atoms with van der Waals surface area (Å²) in [4.78, 5) is 0. The molecule has 0 saturated heterocycles. The summed E-state index contributed by atoms with van der Waals surface area (Å²) in [5.41, 5.74) is 3.16. The van der Waals surface area contributed by atoms with Crippen LogP contribution in [0.5, 0.6) is 11.5 Å². The molecule has 0 aliphatic carbocycles. The molecule has 0 aromatic heterocycles. The minimum Gasteiger partial charge on any atom is -0.493 e. The van der Waals surface area contributed by atoms with E-state index in [2.05, 4.69) is 4.72 Å². The molecule has 0 fully saturated rings. The minimum absolute atomic E-state index is 0.0919. The number of methoxy groups -OCH3 is 2. The lowest BCUT2D eigenvalue weighted by Crippen LogP contribution is -2.09. The fourth-order valence-corrected chi connectivity index (χ4v) is 3.28. The van der Waals surface area contributed by atoms with E-state index in [4.69, 9.17) is 9.47 Å². The molecule has 0 amide bonds. The molecule has 2 rings (SSSR count). The molecule has 0 unspecified atom stereocenters. The Morgan fingerprint density at radius 1 is 1.08 bits per heavy atom. The van der Waals surface area contributed by atoms with Crippen LogP contribution in [0.4, 0.5) is 5.69 Å². The molecule has 2 N–H and O–H groups in total. The molecule has 0 bridgehead atoms. The number of nitrogens with one attached hydrogen (secondary N) is 1. The van der Waals surface area contributed by atoms with Gasteiger partial charge in [-0.25, -0.2) is 8.42 Å². The van der Waals surface area contributed by atoms with Crippen LogP contribution in [0.3, 0.4) is 0 Å². The summed E-state index contributed by atoms with van der Waals surface area (Å²) in [6.45, 7) is -0.0919. The summed E-state index contributed by atoms with van der Waals surface area (Å²) in [7, 11) is -0.172. The average Bonchev–Trinajstić information content (AvgIpc) is 2.57. The van der Waals surface area contributed by atoms with E-state index in [-0.39, 0.29) is 6.61 Å². The van der Waals surface area contributed by atoms with Crippen LogP contribution in [-0.4, -0.2) is 34.0 Å². The molecule has 7 heteroatoms. The van der Waals surface area contributed by atoms with Crippen LogP contribution in [0.1, 0.15) is 16.7 Å². The lowest BCUT2D eigenvalue weighted by molar-refractivity contribution is 0.278. The Balaban J connectivity index is 2.25. The Morgan fingerprint density at radius 3 is 2.44 bits per heavy atom. The van der Waals surface area contributed by atoms with Crippen LogP contribution < -0.4 is 14.2 Å². The number of benzene rings is 2. The van der Waals surface area contributed by atoms with Gasteiger partial charge in [-0.2, -0.15) is 0 Å². The van der Waals surface area contributed by atoms with Gasteiger partial charge in [0.25, 0.3) is 0 Å². The maximum Gasteiger partial charge on any atom is 0.229 e. The maximum absolute atomic E-state index is 11.4. The first-order valence-electron chi connectivity index (χ1n) is 7.78. The maximum atomic E-state index is 11.4. The van der Waals surface area contributed by atoms with Crippen molar-refractivity contribution in [3.05, 3.63) is 53.1 Å². The number of aliphatic hydroxyl groups excluding tert-OH is 1. The Morgan fingerprint density at radius 2 is 1.84 bits per heavy atom. The molecule has 136 valence electrons. The normalized spacial score (nSPS) is 11.2. The molecular weight excluding hydrogens is 342 g/mol. The van der Waals surface area contributed by atoms with E-state index in [0.29, 0.717) is 30.0 Å². The highest BCUT2D eigenvalue weighted by Gasteiger charge is 2.14. The lowest BCUT2D eigenvalue weighted by Gasteiger charge is -2.16. The predicted molar refractivity (Wildman–Crippen MR) is 97.8 cm³/mol. The highest BCUT2D eigenvalue weighted by Crippen LogP contribution is 2.34. The van der Waals surface area contributed by atoms with Crippen molar-refractivity contribution in [3.63, 3.8) is 0 Å². The molecule has 0 heterocycles. The number of aryl methyl sites for hydroxylation is 1. The van der Waals surface area contributed by atoms with E-state index in [1.807, 2.05) is 12.1 Å². The molecule has 25 heavy (non-hydrogen) atoms. The zero-order chi connectivity index (χ0) is 18.4. The number of sulfonamides is 1. The number of aliphatic hydroxyl groups is 1. The van der Waals surface area contributed by atoms with Crippen molar-refractivity contribution in [3.8, 4) is 11.5 Å². The van der Waals surface area contributed by atoms with Crippen LogP contribution in [0, 0.1) is 0 Å². The highest BCUT2D eigenvalue weighted by molar-refractivity contribution is 7.92. The van der Waals surface area contributed by atoms with E-state index in [1.54, 1.807) is 38.5 Å².